The van der Waals surface area contributed by atoms with Crippen LogP contribution in [0, 0.1) is 0 Å². The van der Waals surface area contributed by atoms with E-state index in [1.807, 2.05) is 11.3 Å². The standard InChI is InChI=1S/C16H19NS/c1-3-11(2)12-6-7-14-13(9-12)10-15(17-14)16-5-4-8-18-16/h4-9,11,15,17H,3,10H2,1-2H3. The maximum absolute atomic E-state index is 3.63. The summed E-state index contributed by atoms with van der Waals surface area (Å²) in [6.07, 6.45) is 2.33. The lowest BCUT2D eigenvalue weighted by Gasteiger charge is -2.10. The molecule has 1 aliphatic heterocycles. The minimum Gasteiger partial charge on any atom is -0.377 e. The van der Waals surface area contributed by atoms with Crippen LogP contribution in [0.1, 0.15) is 48.2 Å². The van der Waals surface area contributed by atoms with Crippen molar-refractivity contribution in [3.05, 3.63) is 51.7 Å². The molecule has 1 aromatic heterocycles. The van der Waals surface area contributed by atoms with Gasteiger partial charge in [-0.1, -0.05) is 32.0 Å². The number of anilines is 1. The maximum Gasteiger partial charge on any atom is 0.0647 e. The average molecular weight is 257 g/mol. The van der Waals surface area contributed by atoms with Crippen LogP contribution in [0.15, 0.2) is 35.7 Å². The van der Waals surface area contributed by atoms with Gasteiger partial charge < -0.3 is 5.32 Å². The van der Waals surface area contributed by atoms with Crippen molar-refractivity contribution in [3.8, 4) is 0 Å². The van der Waals surface area contributed by atoms with Crippen molar-refractivity contribution >= 4 is 17.0 Å². The number of rotatable bonds is 3. The van der Waals surface area contributed by atoms with Gasteiger partial charge in [-0.3, -0.25) is 0 Å². The van der Waals surface area contributed by atoms with Crippen molar-refractivity contribution in [1.82, 2.24) is 0 Å². The van der Waals surface area contributed by atoms with Gasteiger partial charge in [-0.25, -0.2) is 0 Å². The zero-order valence-electron chi connectivity index (χ0n) is 10.9. The number of hydrogen-bond acceptors (Lipinski definition) is 2. The van der Waals surface area contributed by atoms with E-state index < -0.39 is 0 Å². The molecule has 94 valence electrons. The molecule has 2 atom stereocenters. The maximum atomic E-state index is 3.63. The van der Waals surface area contributed by atoms with E-state index in [2.05, 4.69) is 54.9 Å². The van der Waals surface area contributed by atoms with Crippen LogP contribution in [-0.4, -0.2) is 0 Å². The molecule has 1 aromatic carbocycles. The number of fused-ring (bicyclic) bond motifs is 1. The molecule has 0 fully saturated rings. The first-order valence-electron chi connectivity index (χ1n) is 6.70. The summed E-state index contributed by atoms with van der Waals surface area (Å²) in [5, 5.41) is 5.79. The molecule has 2 heteroatoms. The number of nitrogens with one attached hydrogen (secondary N) is 1. The molecule has 0 spiro atoms. The summed E-state index contributed by atoms with van der Waals surface area (Å²) in [6, 6.07) is 11.8. The average Bonchev–Trinajstić information content (AvgIpc) is 3.04. The molecule has 1 nitrogen and oxygen atoms in total. The van der Waals surface area contributed by atoms with Gasteiger partial charge in [0.15, 0.2) is 0 Å². The van der Waals surface area contributed by atoms with Gasteiger partial charge in [0.2, 0.25) is 0 Å². The normalized spacial score (nSPS) is 19.3. The Hall–Kier alpha value is -1.28. The first-order valence-corrected chi connectivity index (χ1v) is 7.58. The van der Waals surface area contributed by atoms with E-state index in [-0.39, 0.29) is 0 Å². The molecule has 1 N–H and O–H groups in total. The predicted molar refractivity (Wildman–Crippen MR) is 79.5 cm³/mol. The SMILES string of the molecule is CCC(C)c1ccc2c(c1)CC(c1cccs1)N2. The van der Waals surface area contributed by atoms with Crippen molar-refractivity contribution in [2.75, 3.05) is 5.32 Å². The molecule has 0 radical (unpaired) electrons. The van der Waals surface area contributed by atoms with Crippen LogP contribution in [0.25, 0.3) is 0 Å². The Morgan fingerprint density at radius 2 is 2.28 bits per heavy atom. The molecular weight excluding hydrogens is 238 g/mol. The fourth-order valence-corrected chi connectivity index (χ4v) is 3.36. The molecule has 0 saturated carbocycles. The summed E-state index contributed by atoms with van der Waals surface area (Å²) in [4.78, 5) is 1.44. The van der Waals surface area contributed by atoms with Gasteiger partial charge in [0.05, 0.1) is 6.04 Å². The second kappa shape index (κ2) is 4.77. The Balaban J connectivity index is 1.85. The Morgan fingerprint density at radius 3 is 3.00 bits per heavy atom. The summed E-state index contributed by atoms with van der Waals surface area (Å²) in [5.41, 5.74) is 4.27. The van der Waals surface area contributed by atoms with Gasteiger partial charge >= 0.3 is 0 Å². The summed E-state index contributed by atoms with van der Waals surface area (Å²) in [7, 11) is 0. The van der Waals surface area contributed by atoms with E-state index >= 15 is 0 Å². The Bertz CT molecular complexity index is 530. The highest BCUT2D eigenvalue weighted by molar-refractivity contribution is 7.10. The highest BCUT2D eigenvalue weighted by atomic mass is 32.1. The highest BCUT2D eigenvalue weighted by Crippen LogP contribution is 2.37. The van der Waals surface area contributed by atoms with E-state index in [0.29, 0.717) is 12.0 Å². The Kier molecular flexibility index (Phi) is 3.13. The van der Waals surface area contributed by atoms with Crippen molar-refractivity contribution in [3.63, 3.8) is 0 Å². The second-order valence-electron chi connectivity index (χ2n) is 5.14. The van der Waals surface area contributed by atoms with Crippen LogP contribution in [0.5, 0.6) is 0 Å². The van der Waals surface area contributed by atoms with E-state index in [4.69, 9.17) is 0 Å². The fourth-order valence-electron chi connectivity index (χ4n) is 2.59. The minimum absolute atomic E-state index is 0.479. The molecular formula is C16H19NS. The number of hydrogen-bond donors (Lipinski definition) is 1. The largest absolute Gasteiger partial charge is 0.377 e. The topological polar surface area (TPSA) is 12.0 Å². The van der Waals surface area contributed by atoms with Crippen LogP contribution in [0.3, 0.4) is 0 Å². The van der Waals surface area contributed by atoms with Gasteiger partial charge in [0.1, 0.15) is 0 Å². The minimum atomic E-state index is 0.479. The van der Waals surface area contributed by atoms with E-state index in [9.17, 15) is 0 Å². The zero-order valence-corrected chi connectivity index (χ0v) is 11.8. The van der Waals surface area contributed by atoms with Gasteiger partial charge in [-0.15, -0.1) is 11.3 Å². The van der Waals surface area contributed by atoms with Crippen LogP contribution in [0.4, 0.5) is 5.69 Å². The molecule has 2 heterocycles. The summed E-state index contributed by atoms with van der Waals surface area (Å²) in [5.74, 6) is 0.663. The van der Waals surface area contributed by atoms with E-state index in [0.717, 1.165) is 6.42 Å². The van der Waals surface area contributed by atoms with Crippen LogP contribution < -0.4 is 5.32 Å². The Morgan fingerprint density at radius 1 is 1.39 bits per heavy atom. The molecule has 2 aromatic rings. The van der Waals surface area contributed by atoms with E-state index in [1.54, 1.807) is 0 Å². The molecule has 3 rings (SSSR count). The van der Waals surface area contributed by atoms with Crippen molar-refractivity contribution in [1.29, 1.82) is 0 Å². The van der Waals surface area contributed by atoms with Gasteiger partial charge in [0, 0.05) is 10.6 Å². The molecule has 0 saturated heterocycles. The van der Waals surface area contributed by atoms with Crippen molar-refractivity contribution in [2.45, 2.75) is 38.6 Å². The summed E-state index contributed by atoms with van der Waals surface area (Å²) < 4.78 is 0. The van der Waals surface area contributed by atoms with Crippen LogP contribution in [0.2, 0.25) is 0 Å². The first kappa shape index (κ1) is 11.8. The quantitative estimate of drug-likeness (QED) is 0.818. The smallest absolute Gasteiger partial charge is 0.0647 e. The lowest BCUT2D eigenvalue weighted by Crippen LogP contribution is -2.02. The third kappa shape index (κ3) is 2.05. The van der Waals surface area contributed by atoms with Crippen molar-refractivity contribution in [2.24, 2.45) is 0 Å². The monoisotopic (exact) mass is 257 g/mol. The third-order valence-electron chi connectivity index (χ3n) is 3.95. The van der Waals surface area contributed by atoms with E-state index in [1.165, 1.54) is 28.1 Å². The zero-order chi connectivity index (χ0) is 12.5. The fraction of sp³-hybridized carbons (Fsp3) is 0.375. The predicted octanol–water partition coefficient (Wildman–Crippen LogP) is 4.97. The number of benzene rings is 1. The van der Waals surface area contributed by atoms with Gasteiger partial charge in [-0.2, -0.15) is 0 Å². The molecule has 0 bridgehead atoms. The molecule has 2 unspecified atom stereocenters. The molecule has 0 aliphatic carbocycles. The third-order valence-corrected chi connectivity index (χ3v) is 4.94. The van der Waals surface area contributed by atoms with Crippen LogP contribution >= 0.6 is 11.3 Å². The summed E-state index contributed by atoms with van der Waals surface area (Å²) >= 11 is 1.84. The molecule has 18 heavy (non-hydrogen) atoms. The first-order chi connectivity index (χ1) is 8.78. The lowest BCUT2D eigenvalue weighted by atomic mass is 9.95. The molecule has 0 amide bonds. The Labute approximate surface area is 113 Å². The second-order valence-corrected chi connectivity index (χ2v) is 6.12. The molecule has 1 aliphatic rings. The van der Waals surface area contributed by atoms with Crippen molar-refractivity contribution < 1.29 is 0 Å². The highest BCUT2D eigenvalue weighted by Gasteiger charge is 2.23. The van der Waals surface area contributed by atoms with Crippen LogP contribution in [-0.2, 0) is 6.42 Å². The lowest BCUT2D eigenvalue weighted by molar-refractivity contribution is 0.732. The van der Waals surface area contributed by atoms with Gasteiger partial charge in [-0.05, 0) is 47.4 Å². The van der Waals surface area contributed by atoms with Gasteiger partial charge in [0.25, 0.3) is 0 Å². The number of thiophene rings is 1. The summed E-state index contributed by atoms with van der Waals surface area (Å²) in [6.45, 7) is 4.56.